The lowest BCUT2D eigenvalue weighted by Gasteiger charge is -2.18. The number of nitrogens with one attached hydrogen (secondary N) is 1. The van der Waals surface area contributed by atoms with Gasteiger partial charge in [0.2, 0.25) is 5.91 Å². The Bertz CT molecular complexity index is 688. The molecule has 20 heavy (non-hydrogen) atoms. The number of hydrogen-bond acceptors (Lipinski definition) is 3. The van der Waals surface area contributed by atoms with Crippen molar-refractivity contribution in [2.75, 3.05) is 5.32 Å². The first kappa shape index (κ1) is 13.3. The SMILES string of the molecule is Cc1cscc1C(N)c1ccc2c(c1)C(C)(C)C(=O)N2. The van der Waals surface area contributed by atoms with E-state index in [1.807, 2.05) is 26.0 Å². The average molecular weight is 286 g/mol. The first-order chi connectivity index (χ1) is 9.41. The standard InChI is InChI=1S/C16H18N2OS/c1-9-7-20-8-11(9)14(17)10-4-5-13-12(6-10)16(2,3)15(19)18-13/h4-8,14H,17H2,1-3H3,(H,18,19). The molecule has 0 saturated carbocycles. The van der Waals surface area contributed by atoms with Crippen molar-refractivity contribution in [3.63, 3.8) is 0 Å². The van der Waals surface area contributed by atoms with Gasteiger partial charge in [-0.1, -0.05) is 12.1 Å². The third-order valence-electron chi connectivity index (χ3n) is 4.12. The highest BCUT2D eigenvalue weighted by molar-refractivity contribution is 7.08. The fourth-order valence-corrected chi connectivity index (χ4v) is 3.54. The molecule has 0 radical (unpaired) electrons. The van der Waals surface area contributed by atoms with Crippen molar-refractivity contribution in [1.29, 1.82) is 0 Å². The van der Waals surface area contributed by atoms with E-state index in [0.717, 1.165) is 22.4 Å². The lowest BCUT2D eigenvalue weighted by Crippen LogP contribution is -2.27. The van der Waals surface area contributed by atoms with Gasteiger partial charge in [-0.3, -0.25) is 4.79 Å². The van der Waals surface area contributed by atoms with Crippen LogP contribution in [0, 0.1) is 6.92 Å². The molecular formula is C16H18N2OS. The van der Waals surface area contributed by atoms with Crippen molar-refractivity contribution in [3.05, 3.63) is 51.2 Å². The van der Waals surface area contributed by atoms with E-state index in [1.54, 1.807) is 11.3 Å². The zero-order chi connectivity index (χ0) is 14.5. The highest BCUT2D eigenvalue weighted by Gasteiger charge is 2.38. The third kappa shape index (κ3) is 1.87. The summed E-state index contributed by atoms with van der Waals surface area (Å²) in [6.07, 6.45) is 0. The zero-order valence-corrected chi connectivity index (χ0v) is 12.7. The third-order valence-corrected chi connectivity index (χ3v) is 5.00. The van der Waals surface area contributed by atoms with Crippen LogP contribution in [-0.2, 0) is 10.2 Å². The van der Waals surface area contributed by atoms with E-state index in [1.165, 1.54) is 5.56 Å². The Morgan fingerprint density at radius 1 is 1.30 bits per heavy atom. The monoisotopic (exact) mass is 286 g/mol. The fraction of sp³-hybridized carbons (Fsp3) is 0.312. The van der Waals surface area contributed by atoms with Crippen molar-refractivity contribution < 1.29 is 4.79 Å². The smallest absolute Gasteiger partial charge is 0.234 e. The number of rotatable bonds is 2. The molecule has 1 aromatic carbocycles. The molecule has 0 fully saturated rings. The van der Waals surface area contributed by atoms with Gasteiger partial charge in [-0.05, 0) is 59.9 Å². The number of nitrogens with two attached hydrogens (primary N) is 1. The van der Waals surface area contributed by atoms with Crippen LogP contribution in [0.25, 0.3) is 0 Å². The molecule has 0 saturated heterocycles. The maximum atomic E-state index is 12.0. The second kappa shape index (κ2) is 4.43. The molecule has 1 aliphatic rings. The topological polar surface area (TPSA) is 55.1 Å². The maximum absolute atomic E-state index is 12.0. The van der Waals surface area contributed by atoms with Gasteiger partial charge in [0, 0.05) is 5.69 Å². The Labute approximate surface area is 122 Å². The lowest BCUT2D eigenvalue weighted by molar-refractivity contribution is -0.119. The number of amides is 1. The van der Waals surface area contributed by atoms with E-state index >= 15 is 0 Å². The molecule has 0 bridgehead atoms. The molecule has 104 valence electrons. The van der Waals surface area contributed by atoms with Crippen LogP contribution in [0.4, 0.5) is 5.69 Å². The predicted molar refractivity (Wildman–Crippen MR) is 83.2 cm³/mol. The van der Waals surface area contributed by atoms with Gasteiger partial charge >= 0.3 is 0 Å². The number of carbonyl (C=O) groups is 1. The second-order valence-electron chi connectivity index (χ2n) is 5.87. The first-order valence-electron chi connectivity index (χ1n) is 6.65. The number of thiophene rings is 1. The van der Waals surface area contributed by atoms with Crippen LogP contribution in [0.1, 0.15) is 42.1 Å². The summed E-state index contributed by atoms with van der Waals surface area (Å²) in [7, 11) is 0. The summed E-state index contributed by atoms with van der Waals surface area (Å²) in [6.45, 7) is 5.96. The minimum absolute atomic E-state index is 0.0462. The lowest BCUT2D eigenvalue weighted by atomic mass is 9.84. The van der Waals surface area contributed by atoms with Crippen molar-refractivity contribution in [1.82, 2.24) is 0 Å². The molecule has 1 unspecified atom stereocenters. The molecule has 0 spiro atoms. The van der Waals surface area contributed by atoms with Crippen LogP contribution in [0.5, 0.6) is 0 Å². The average Bonchev–Trinajstić information content (AvgIpc) is 2.92. The van der Waals surface area contributed by atoms with Crippen molar-refractivity contribution in [2.45, 2.75) is 32.2 Å². The van der Waals surface area contributed by atoms with Crippen LogP contribution in [-0.4, -0.2) is 5.91 Å². The highest BCUT2D eigenvalue weighted by Crippen LogP contribution is 2.39. The van der Waals surface area contributed by atoms with Crippen LogP contribution >= 0.6 is 11.3 Å². The minimum Gasteiger partial charge on any atom is -0.325 e. The van der Waals surface area contributed by atoms with E-state index in [0.29, 0.717) is 0 Å². The summed E-state index contributed by atoms with van der Waals surface area (Å²) in [4.78, 5) is 12.0. The van der Waals surface area contributed by atoms with E-state index in [4.69, 9.17) is 5.73 Å². The van der Waals surface area contributed by atoms with E-state index in [9.17, 15) is 4.79 Å². The Balaban J connectivity index is 2.04. The molecule has 4 heteroatoms. The van der Waals surface area contributed by atoms with Gasteiger partial charge in [0.05, 0.1) is 11.5 Å². The number of benzene rings is 1. The van der Waals surface area contributed by atoms with Gasteiger partial charge in [0.25, 0.3) is 0 Å². The van der Waals surface area contributed by atoms with Crippen LogP contribution in [0.15, 0.2) is 29.0 Å². The summed E-state index contributed by atoms with van der Waals surface area (Å²) in [5.41, 5.74) is 11.2. The number of aryl methyl sites for hydroxylation is 1. The largest absolute Gasteiger partial charge is 0.325 e. The zero-order valence-electron chi connectivity index (χ0n) is 11.9. The Hall–Kier alpha value is -1.65. The molecule has 1 aromatic heterocycles. The van der Waals surface area contributed by atoms with Gasteiger partial charge in [-0.25, -0.2) is 0 Å². The van der Waals surface area contributed by atoms with Gasteiger partial charge in [-0.15, -0.1) is 0 Å². The number of carbonyl (C=O) groups excluding carboxylic acids is 1. The number of anilines is 1. The van der Waals surface area contributed by atoms with E-state index in [-0.39, 0.29) is 11.9 Å². The Morgan fingerprint density at radius 3 is 2.70 bits per heavy atom. The molecule has 1 aliphatic heterocycles. The van der Waals surface area contributed by atoms with Crippen molar-refractivity contribution >= 4 is 22.9 Å². The Morgan fingerprint density at radius 2 is 2.05 bits per heavy atom. The molecule has 1 atom stereocenters. The van der Waals surface area contributed by atoms with Crippen molar-refractivity contribution in [2.24, 2.45) is 5.73 Å². The fourth-order valence-electron chi connectivity index (χ4n) is 2.65. The Kier molecular flexibility index (Phi) is 2.96. The molecule has 3 rings (SSSR count). The van der Waals surface area contributed by atoms with Gasteiger partial charge in [-0.2, -0.15) is 11.3 Å². The van der Waals surface area contributed by atoms with Crippen LogP contribution < -0.4 is 11.1 Å². The summed E-state index contributed by atoms with van der Waals surface area (Å²) >= 11 is 1.67. The highest BCUT2D eigenvalue weighted by atomic mass is 32.1. The summed E-state index contributed by atoms with van der Waals surface area (Å²) in [6, 6.07) is 5.88. The molecule has 2 aromatic rings. The van der Waals surface area contributed by atoms with E-state index in [2.05, 4.69) is 29.1 Å². The number of hydrogen-bond donors (Lipinski definition) is 2. The van der Waals surface area contributed by atoms with Gasteiger partial charge in [0.1, 0.15) is 0 Å². The molecule has 2 heterocycles. The first-order valence-corrected chi connectivity index (χ1v) is 7.59. The molecule has 3 nitrogen and oxygen atoms in total. The van der Waals surface area contributed by atoms with Gasteiger partial charge < -0.3 is 11.1 Å². The molecular weight excluding hydrogens is 268 g/mol. The molecule has 1 amide bonds. The van der Waals surface area contributed by atoms with Gasteiger partial charge in [0.15, 0.2) is 0 Å². The normalized spacial score (nSPS) is 17.7. The minimum atomic E-state index is -0.491. The summed E-state index contributed by atoms with van der Waals surface area (Å²) < 4.78 is 0. The molecule has 3 N–H and O–H groups in total. The predicted octanol–water partition coefficient (Wildman–Crippen LogP) is 3.33. The maximum Gasteiger partial charge on any atom is 0.234 e. The number of fused-ring (bicyclic) bond motifs is 1. The summed E-state index contributed by atoms with van der Waals surface area (Å²) in [5, 5.41) is 7.13. The summed E-state index contributed by atoms with van der Waals surface area (Å²) in [5.74, 6) is 0.0462. The van der Waals surface area contributed by atoms with Crippen LogP contribution in [0.2, 0.25) is 0 Å². The quantitative estimate of drug-likeness (QED) is 0.889. The van der Waals surface area contributed by atoms with Crippen LogP contribution in [0.3, 0.4) is 0 Å². The molecule has 0 aliphatic carbocycles. The van der Waals surface area contributed by atoms with E-state index < -0.39 is 5.41 Å². The van der Waals surface area contributed by atoms with Crippen molar-refractivity contribution in [3.8, 4) is 0 Å². The second-order valence-corrected chi connectivity index (χ2v) is 6.62.